The van der Waals surface area contributed by atoms with Gasteiger partial charge in [0.15, 0.2) is 5.69 Å². The van der Waals surface area contributed by atoms with Gasteiger partial charge in [-0.2, -0.15) is 5.10 Å². The largest absolute Gasteiger partial charge is 0.348 e. The van der Waals surface area contributed by atoms with Crippen LogP contribution in [0.5, 0.6) is 0 Å². The first kappa shape index (κ1) is 20.6. The van der Waals surface area contributed by atoms with E-state index < -0.39 is 0 Å². The summed E-state index contributed by atoms with van der Waals surface area (Å²) in [4.78, 5) is 26.7. The van der Waals surface area contributed by atoms with Crippen molar-refractivity contribution in [1.82, 2.24) is 15.1 Å². The van der Waals surface area contributed by atoms with Crippen LogP contribution in [-0.4, -0.2) is 21.7 Å². The zero-order chi connectivity index (χ0) is 22.6. The minimum Gasteiger partial charge on any atom is -0.348 e. The van der Waals surface area contributed by atoms with E-state index in [9.17, 15) is 9.59 Å². The number of carbonyl (C=O) groups is 1. The van der Waals surface area contributed by atoms with E-state index in [1.165, 1.54) is 43.2 Å². The second kappa shape index (κ2) is 7.82. The second-order valence-corrected chi connectivity index (χ2v) is 10.8. The zero-order valence-corrected chi connectivity index (χ0v) is 19.2. The molecule has 5 nitrogen and oxygen atoms in total. The minimum absolute atomic E-state index is 0.105. The third kappa shape index (κ3) is 3.58. The monoisotopic (exact) mass is 441 g/mol. The van der Waals surface area contributed by atoms with Crippen LogP contribution in [-0.2, 0) is 6.54 Å². The van der Waals surface area contributed by atoms with Crippen molar-refractivity contribution in [3.05, 3.63) is 76.2 Å². The fraction of sp³-hybridized carbons (Fsp3) is 0.464. The molecule has 1 N–H and O–H groups in total. The molecule has 4 aliphatic rings. The van der Waals surface area contributed by atoms with E-state index in [-0.39, 0.29) is 22.9 Å². The van der Waals surface area contributed by atoms with Crippen LogP contribution in [0.3, 0.4) is 0 Å². The molecule has 7 rings (SSSR count). The Hall–Kier alpha value is -2.95. The lowest BCUT2D eigenvalue weighted by Gasteiger charge is -2.59. The van der Waals surface area contributed by atoms with Gasteiger partial charge in [0.05, 0.1) is 11.9 Å². The van der Waals surface area contributed by atoms with E-state index in [4.69, 9.17) is 0 Å². The predicted octanol–water partition coefficient (Wildman–Crippen LogP) is 4.78. The summed E-state index contributed by atoms with van der Waals surface area (Å²) in [6, 6.07) is 17.2. The molecule has 4 saturated carbocycles. The third-order valence-electron chi connectivity index (χ3n) is 8.61. The number of carbonyl (C=O) groups excluding carboxylic acids is 1. The highest BCUT2D eigenvalue weighted by atomic mass is 16.2. The molecule has 1 heterocycles. The highest BCUT2D eigenvalue weighted by Crippen LogP contribution is 2.61. The Morgan fingerprint density at radius 1 is 0.970 bits per heavy atom. The summed E-state index contributed by atoms with van der Waals surface area (Å²) in [5, 5.41) is 9.09. The van der Waals surface area contributed by atoms with Crippen LogP contribution >= 0.6 is 0 Å². The first-order chi connectivity index (χ1) is 16.0. The molecule has 3 aromatic rings. The molecule has 5 heteroatoms. The summed E-state index contributed by atoms with van der Waals surface area (Å²) in [5.41, 5.74) is 1.38. The summed E-state index contributed by atoms with van der Waals surface area (Å²) in [7, 11) is 0. The van der Waals surface area contributed by atoms with Gasteiger partial charge in [0.1, 0.15) is 0 Å². The van der Waals surface area contributed by atoms with Crippen molar-refractivity contribution in [1.29, 1.82) is 0 Å². The number of nitrogens with one attached hydrogen (secondary N) is 1. The van der Waals surface area contributed by atoms with E-state index in [1.54, 1.807) is 6.07 Å². The molecule has 1 aromatic heterocycles. The van der Waals surface area contributed by atoms with E-state index in [0.29, 0.717) is 23.0 Å². The van der Waals surface area contributed by atoms with Gasteiger partial charge in [0, 0.05) is 11.4 Å². The number of fused-ring (bicyclic) bond motifs is 1. The quantitative estimate of drug-likeness (QED) is 0.620. The third-order valence-corrected chi connectivity index (χ3v) is 8.61. The van der Waals surface area contributed by atoms with Gasteiger partial charge < -0.3 is 5.32 Å². The molecule has 0 radical (unpaired) electrons. The van der Waals surface area contributed by atoms with Gasteiger partial charge >= 0.3 is 0 Å². The van der Waals surface area contributed by atoms with Crippen LogP contribution in [0.1, 0.15) is 61.5 Å². The molecular formula is C28H31N3O2. The van der Waals surface area contributed by atoms with Crippen molar-refractivity contribution in [2.75, 3.05) is 0 Å². The first-order valence-corrected chi connectivity index (χ1v) is 12.4. The Kier molecular flexibility index (Phi) is 4.89. The van der Waals surface area contributed by atoms with Crippen LogP contribution in [0.25, 0.3) is 10.8 Å². The summed E-state index contributed by atoms with van der Waals surface area (Å²) >= 11 is 0. The average Bonchev–Trinajstić information content (AvgIpc) is 2.80. The maximum absolute atomic E-state index is 13.6. The number of rotatable bonds is 5. The van der Waals surface area contributed by atoms with Crippen molar-refractivity contribution >= 4 is 16.7 Å². The average molecular weight is 442 g/mol. The lowest BCUT2D eigenvalue weighted by atomic mass is 9.48. The van der Waals surface area contributed by atoms with Gasteiger partial charge in [-0.15, -0.1) is 0 Å². The molecule has 4 bridgehead atoms. The first-order valence-electron chi connectivity index (χ1n) is 12.4. The summed E-state index contributed by atoms with van der Waals surface area (Å²) in [5.74, 6) is 2.34. The van der Waals surface area contributed by atoms with Crippen molar-refractivity contribution in [2.45, 2.75) is 58.0 Å². The molecule has 2 aromatic carbocycles. The fourth-order valence-corrected chi connectivity index (χ4v) is 7.39. The maximum atomic E-state index is 13.6. The van der Waals surface area contributed by atoms with Crippen LogP contribution in [0.2, 0.25) is 0 Å². The Morgan fingerprint density at radius 3 is 2.18 bits per heavy atom. The standard InChI is InChI=1S/C28H31N3O2/c1-18(28-14-20-11-21(15-28)13-22(12-20)16-28)29-26(32)25-23-9-5-6-10-24(23)27(33)31(30-25)17-19-7-3-2-4-8-19/h2-10,18,20-22H,11-17H2,1H3,(H,29,32). The van der Waals surface area contributed by atoms with E-state index >= 15 is 0 Å². The Labute approximate surface area is 194 Å². The minimum atomic E-state index is -0.170. The molecule has 4 aliphatic carbocycles. The number of hydrogen-bond donors (Lipinski definition) is 1. The van der Waals surface area contributed by atoms with Gasteiger partial charge in [-0.05, 0) is 80.2 Å². The van der Waals surface area contributed by atoms with Gasteiger partial charge in [-0.1, -0.05) is 48.5 Å². The Morgan fingerprint density at radius 2 is 1.55 bits per heavy atom. The molecule has 0 spiro atoms. The summed E-state index contributed by atoms with van der Waals surface area (Å²) in [6.07, 6.45) is 7.87. The van der Waals surface area contributed by atoms with Crippen LogP contribution < -0.4 is 10.9 Å². The molecule has 170 valence electrons. The van der Waals surface area contributed by atoms with Crippen LogP contribution in [0, 0.1) is 23.2 Å². The number of benzene rings is 2. The van der Waals surface area contributed by atoms with Crippen molar-refractivity contribution in [3.8, 4) is 0 Å². The number of nitrogens with zero attached hydrogens (tertiary/aromatic N) is 2. The van der Waals surface area contributed by atoms with Crippen LogP contribution in [0.4, 0.5) is 0 Å². The highest BCUT2D eigenvalue weighted by Gasteiger charge is 2.53. The lowest BCUT2D eigenvalue weighted by Crippen LogP contribution is -2.56. The van der Waals surface area contributed by atoms with E-state index in [0.717, 1.165) is 23.3 Å². The zero-order valence-electron chi connectivity index (χ0n) is 19.2. The smallest absolute Gasteiger partial charge is 0.274 e. The summed E-state index contributed by atoms with van der Waals surface area (Å²) < 4.78 is 1.43. The molecule has 33 heavy (non-hydrogen) atoms. The molecule has 1 atom stereocenters. The highest BCUT2D eigenvalue weighted by molar-refractivity contribution is 6.04. The lowest BCUT2D eigenvalue weighted by molar-refractivity contribution is -0.0688. The second-order valence-electron chi connectivity index (χ2n) is 10.8. The van der Waals surface area contributed by atoms with E-state index in [1.807, 2.05) is 48.5 Å². The van der Waals surface area contributed by atoms with Crippen molar-refractivity contribution in [3.63, 3.8) is 0 Å². The molecular weight excluding hydrogens is 410 g/mol. The fourth-order valence-electron chi connectivity index (χ4n) is 7.39. The Bertz CT molecular complexity index is 1230. The number of hydrogen-bond acceptors (Lipinski definition) is 3. The topological polar surface area (TPSA) is 64.0 Å². The molecule has 4 fully saturated rings. The number of aromatic nitrogens is 2. The van der Waals surface area contributed by atoms with Gasteiger partial charge in [-0.25, -0.2) is 4.68 Å². The molecule has 1 unspecified atom stereocenters. The van der Waals surface area contributed by atoms with Gasteiger partial charge in [0.25, 0.3) is 11.5 Å². The van der Waals surface area contributed by atoms with Crippen molar-refractivity contribution < 1.29 is 4.79 Å². The SMILES string of the molecule is CC(NC(=O)c1nn(Cc2ccccc2)c(=O)c2ccccc12)C12CC3CC(CC(C3)C1)C2. The number of amides is 1. The molecule has 0 aliphatic heterocycles. The van der Waals surface area contributed by atoms with Crippen LogP contribution in [0.15, 0.2) is 59.4 Å². The van der Waals surface area contributed by atoms with Gasteiger partial charge in [0.2, 0.25) is 0 Å². The van der Waals surface area contributed by atoms with E-state index in [2.05, 4.69) is 17.3 Å². The van der Waals surface area contributed by atoms with Gasteiger partial charge in [-0.3, -0.25) is 9.59 Å². The Balaban J connectivity index is 1.33. The molecule has 0 saturated heterocycles. The summed E-state index contributed by atoms with van der Waals surface area (Å²) in [6.45, 7) is 2.53. The normalized spacial score (nSPS) is 28.7. The predicted molar refractivity (Wildman–Crippen MR) is 129 cm³/mol. The maximum Gasteiger partial charge on any atom is 0.274 e. The molecule has 1 amide bonds. The van der Waals surface area contributed by atoms with Crippen molar-refractivity contribution in [2.24, 2.45) is 23.2 Å².